The van der Waals surface area contributed by atoms with E-state index in [0.717, 1.165) is 22.4 Å². The number of para-hydroxylation sites is 1. The van der Waals surface area contributed by atoms with Crippen LogP contribution in [0.4, 0.5) is 11.4 Å². The summed E-state index contributed by atoms with van der Waals surface area (Å²) in [6.07, 6.45) is 0. The van der Waals surface area contributed by atoms with E-state index in [1.165, 1.54) is 4.90 Å². The van der Waals surface area contributed by atoms with E-state index in [1.807, 2.05) is 76.3 Å². The summed E-state index contributed by atoms with van der Waals surface area (Å²) in [5, 5.41) is 0.510. The molecule has 3 aromatic rings. The number of carbonyl (C=O) groups is 2. The monoisotopic (exact) mass is 430 g/mol. The highest BCUT2D eigenvalue weighted by molar-refractivity contribution is 6.47. The van der Waals surface area contributed by atoms with Crippen LogP contribution in [-0.4, -0.2) is 18.9 Å². The van der Waals surface area contributed by atoms with Crippen molar-refractivity contribution in [2.45, 2.75) is 20.8 Å². The number of rotatable bonds is 4. The van der Waals surface area contributed by atoms with E-state index >= 15 is 0 Å². The summed E-state index contributed by atoms with van der Waals surface area (Å²) in [6.45, 7) is 5.78. The lowest BCUT2D eigenvalue weighted by atomic mass is 9.97. The van der Waals surface area contributed by atoms with Crippen LogP contribution in [0.5, 0.6) is 0 Å². The maximum absolute atomic E-state index is 13.7. The zero-order chi connectivity index (χ0) is 22.3. The Hall–Kier alpha value is -3.37. The minimum atomic E-state index is -0.364. The second-order valence-corrected chi connectivity index (χ2v) is 8.17. The minimum Gasteiger partial charge on any atom is -0.339 e. The lowest BCUT2D eigenvalue weighted by molar-refractivity contribution is -0.120. The van der Waals surface area contributed by atoms with Crippen molar-refractivity contribution in [2.24, 2.45) is 0 Å². The van der Waals surface area contributed by atoms with Crippen molar-refractivity contribution in [3.63, 3.8) is 0 Å². The van der Waals surface area contributed by atoms with Gasteiger partial charge in [-0.2, -0.15) is 0 Å². The number of carbonyl (C=O) groups excluding carboxylic acids is 2. The van der Waals surface area contributed by atoms with Gasteiger partial charge in [-0.05, 0) is 61.7 Å². The Bertz CT molecular complexity index is 1230. The van der Waals surface area contributed by atoms with Crippen molar-refractivity contribution in [1.82, 2.24) is 0 Å². The lowest BCUT2D eigenvalue weighted by Gasteiger charge is -2.22. The molecule has 0 fully saturated rings. The quantitative estimate of drug-likeness (QED) is 0.499. The summed E-state index contributed by atoms with van der Waals surface area (Å²) >= 11 is 6.31. The Labute approximate surface area is 187 Å². The predicted molar refractivity (Wildman–Crippen MR) is 126 cm³/mol. The first-order chi connectivity index (χ1) is 14.8. The molecule has 1 aliphatic heterocycles. The van der Waals surface area contributed by atoms with Crippen LogP contribution in [0.25, 0.3) is 5.57 Å². The number of imide groups is 1. The zero-order valence-corrected chi connectivity index (χ0v) is 18.7. The number of hydrogen-bond acceptors (Lipinski definition) is 3. The first-order valence-electron chi connectivity index (χ1n) is 10.1. The van der Waals surface area contributed by atoms with Crippen LogP contribution in [0, 0.1) is 20.8 Å². The molecule has 5 heteroatoms. The molecule has 3 aromatic carbocycles. The molecule has 0 bridgehead atoms. The van der Waals surface area contributed by atoms with Gasteiger partial charge in [0.25, 0.3) is 11.8 Å². The molecular weight excluding hydrogens is 408 g/mol. The molecule has 0 N–H and O–H groups in total. The van der Waals surface area contributed by atoms with E-state index in [4.69, 9.17) is 11.6 Å². The Morgan fingerprint density at radius 2 is 1.55 bits per heavy atom. The van der Waals surface area contributed by atoms with Gasteiger partial charge in [-0.25, -0.2) is 4.90 Å². The van der Waals surface area contributed by atoms with Gasteiger partial charge >= 0.3 is 0 Å². The Morgan fingerprint density at radius 3 is 2.23 bits per heavy atom. The van der Waals surface area contributed by atoms with Crippen molar-refractivity contribution in [2.75, 3.05) is 16.8 Å². The fourth-order valence-corrected chi connectivity index (χ4v) is 4.17. The van der Waals surface area contributed by atoms with Crippen molar-refractivity contribution in [3.05, 3.63) is 99.7 Å². The number of aryl methyl sites for hydroxylation is 2. The van der Waals surface area contributed by atoms with Crippen LogP contribution >= 0.6 is 11.6 Å². The molecule has 0 spiro atoms. The Kier molecular flexibility index (Phi) is 5.42. The van der Waals surface area contributed by atoms with Gasteiger partial charge in [-0.3, -0.25) is 9.59 Å². The molecule has 1 aliphatic rings. The standard InChI is InChI=1S/C26H23ClN2O2/c1-16-13-14-20(17(2)15-16)23-24(28(4)19-9-6-5-7-10-19)26(31)29(25(23)30)22-12-8-11-21(27)18(22)3/h5-15H,1-4H3. The summed E-state index contributed by atoms with van der Waals surface area (Å²) in [5.41, 5.74) is 5.56. The van der Waals surface area contributed by atoms with Gasteiger partial charge in [0.1, 0.15) is 5.70 Å². The number of amides is 2. The summed E-state index contributed by atoms with van der Waals surface area (Å²) in [5.74, 6) is -0.711. The van der Waals surface area contributed by atoms with Gasteiger partial charge in [-0.1, -0.05) is 59.6 Å². The number of anilines is 2. The van der Waals surface area contributed by atoms with Crippen LogP contribution in [0.2, 0.25) is 5.02 Å². The number of hydrogen-bond donors (Lipinski definition) is 0. The molecule has 4 nitrogen and oxygen atoms in total. The van der Waals surface area contributed by atoms with Crippen LogP contribution in [0.1, 0.15) is 22.3 Å². The molecule has 1 heterocycles. The SMILES string of the molecule is Cc1ccc(C2=C(N(C)c3ccccc3)C(=O)N(c3cccc(Cl)c3C)C2=O)c(C)c1. The highest BCUT2D eigenvalue weighted by Gasteiger charge is 2.43. The first kappa shape index (κ1) is 20.9. The van der Waals surface area contributed by atoms with Crippen LogP contribution in [0.3, 0.4) is 0 Å². The van der Waals surface area contributed by atoms with Crippen molar-refractivity contribution in [3.8, 4) is 0 Å². The molecular formula is C26H23ClN2O2. The van der Waals surface area contributed by atoms with E-state index in [1.54, 1.807) is 23.1 Å². The van der Waals surface area contributed by atoms with E-state index in [2.05, 4.69) is 0 Å². The third-order valence-electron chi connectivity index (χ3n) is 5.67. The van der Waals surface area contributed by atoms with Crippen molar-refractivity contribution < 1.29 is 9.59 Å². The third kappa shape index (κ3) is 3.53. The van der Waals surface area contributed by atoms with Gasteiger partial charge in [0.2, 0.25) is 0 Å². The topological polar surface area (TPSA) is 40.6 Å². The Balaban J connectivity index is 1.94. The first-order valence-corrected chi connectivity index (χ1v) is 10.4. The number of nitrogens with zero attached hydrogens (tertiary/aromatic N) is 2. The van der Waals surface area contributed by atoms with Gasteiger partial charge in [0, 0.05) is 17.8 Å². The van der Waals surface area contributed by atoms with Gasteiger partial charge in [-0.15, -0.1) is 0 Å². The van der Waals surface area contributed by atoms with Crippen molar-refractivity contribution >= 4 is 40.4 Å². The second-order valence-electron chi connectivity index (χ2n) is 7.77. The maximum Gasteiger partial charge on any atom is 0.282 e. The van der Waals surface area contributed by atoms with Crippen LogP contribution < -0.4 is 9.80 Å². The van der Waals surface area contributed by atoms with E-state index in [9.17, 15) is 9.59 Å². The summed E-state index contributed by atoms with van der Waals surface area (Å²) in [4.78, 5) is 30.5. The molecule has 0 saturated heterocycles. The molecule has 0 atom stereocenters. The fraction of sp³-hybridized carbons (Fsp3) is 0.154. The average Bonchev–Trinajstić information content (AvgIpc) is 3.00. The number of benzene rings is 3. The largest absolute Gasteiger partial charge is 0.339 e. The fourth-order valence-electron chi connectivity index (χ4n) is 4.00. The van der Waals surface area contributed by atoms with Gasteiger partial charge in [0.15, 0.2) is 0 Å². The molecule has 0 radical (unpaired) electrons. The van der Waals surface area contributed by atoms with E-state index in [-0.39, 0.29) is 11.8 Å². The molecule has 156 valence electrons. The number of halogens is 1. The number of likely N-dealkylation sites (N-methyl/N-ethyl adjacent to an activating group) is 1. The highest BCUT2D eigenvalue weighted by atomic mass is 35.5. The molecule has 2 amide bonds. The molecule has 4 rings (SSSR count). The van der Waals surface area contributed by atoms with E-state index in [0.29, 0.717) is 27.5 Å². The zero-order valence-electron chi connectivity index (χ0n) is 17.9. The normalized spacial score (nSPS) is 13.9. The van der Waals surface area contributed by atoms with E-state index < -0.39 is 0 Å². The molecule has 0 unspecified atom stereocenters. The lowest BCUT2D eigenvalue weighted by Crippen LogP contribution is -2.34. The highest BCUT2D eigenvalue weighted by Crippen LogP contribution is 2.39. The minimum absolute atomic E-state index is 0.347. The molecule has 0 aliphatic carbocycles. The summed E-state index contributed by atoms with van der Waals surface area (Å²) in [6, 6.07) is 20.7. The van der Waals surface area contributed by atoms with Crippen molar-refractivity contribution in [1.29, 1.82) is 0 Å². The predicted octanol–water partition coefficient (Wildman–Crippen LogP) is 5.69. The van der Waals surface area contributed by atoms with Gasteiger partial charge in [0.05, 0.1) is 11.3 Å². The smallest absolute Gasteiger partial charge is 0.282 e. The summed E-state index contributed by atoms with van der Waals surface area (Å²) in [7, 11) is 1.81. The summed E-state index contributed by atoms with van der Waals surface area (Å²) < 4.78 is 0. The maximum atomic E-state index is 13.7. The third-order valence-corrected chi connectivity index (χ3v) is 6.08. The molecule has 31 heavy (non-hydrogen) atoms. The van der Waals surface area contributed by atoms with Crippen LogP contribution in [-0.2, 0) is 9.59 Å². The second kappa shape index (κ2) is 8.05. The molecule has 0 aromatic heterocycles. The molecule has 0 saturated carbocycles. The van der Waals surface area contributed by atoms with Crippen LogP contribution in [0.15, 0.2) is 72.4 Å². The average molecular weight is 431 g/mol. The Morgan fingerprint density at radius 1 is 0.839 bits per heavy atom. The van der Waals surface area contributed by atoms with Gasteiger partial charge < -0.3 is 4.90 Å².